The molecule has 0 atom stereocenters. The van der Waals surface area contributed by atoms with E-state index in [-0.39, 0.29) is 4.87 Å². The largest absolute Gasteiger partial charge is 0.325 e. The van der Waals surface area contributed by atoms with Gasteiger partial charge in [0.05, 0.1) is 16.5 Å². The van der Waals surface area contributed by atoms with Gasteiger partial charge in [-0.2, -0.15) is 5.10 Å². The van der Waals surface area contributed by atoms with Gasteiger partial charge in [0.15, 0.2) is 0 Å². The van der Waals surface area contributed by atoms with Crippen LogP contribution in [0.5, 0.6) is 0 Å². The molecule has 0 aromatic carbocycles. The first-order valence-electron chi connectivity index (χ1n) is 3.36. The minimum Gasteiger partial charge on any atom is -0.255 e. The van der Waals surface area contributed by atoms with Gasteiger partial charge in [-0.3, -0.25) is 4.79 Å². The minimum absolute atomic E-state index is 0.0497. The fourth-order valence-electron chi connectivity index (χ4n) is 0.828. The molecule has 0 bridgehead atoms. The summed E-state index contributed by atoms with van der Waals surface area (Å²) in [6.07, 6.45) is 1.72. The molecule has 0 aliphatic rings. The number of halogens is 1. The molecule has 0 saturated heterocycles. The molecule has 0 aliphatic heterocycles. The zero-order valence-corrected chi connectivity index (χ0v) is 9.53. The molecular weight excluding hydrogens is 274 g/mol. The van der Waals surface area contributed by atoms with Gasteiger partial charge in [0, 0.05) is 0 Å². The third kappa shape index (κ3) is 2.04. The quantitative estimate of drug-likeness (QED) is 0.837. The SMILES string of the molecule is O=c1scnn1Cc1ncc(Br)s1. The minimum atomic E-state index is -0.0497. The summed E-state index contributed by atoms with van der Waals surface area (Å²) >= 11 is 5.90. The molecule has 2 aromatic rings. The standard InChI is InChI=1S/C6H4BrN3OS2/c7-4-1-8-5(13-4)2-10-6(11)12-3-9-10/h1,3H,2H2. The second-order valence-electron chi connectivity index (χ2n) is 2.22. The Morgan fingerprint density at radius 2 is 2.46 bits per heavy atom. The molecule has 0 amide bonds. The highest BCUT2D eigenvalue weighted by Crippen LogP contribution is 2.19. The van der Waals surface area contributed by atoms with E-state index in [2.05, 4.69) is 26.0 Å². The van der Waals surface area contributed by atoms with E-state index >= 15 is 0 Å². The second-order valence-corrected chi connectivity index (χ2v) is 5.51. The van der Waals surface area contributed by atoms with Crippen LogP contribution in [0.3, 0.4) is 0 Å². The Hall–Kier alpha value is -0.530. The van der Waals surface area contributed by atoms with Crippen molar-refractivity contribution in [3.63, 3.8) is 0 Å². The van der Waals surface area contributed by atoms with Crippen molar-refractivity contribution >= 4 is 38.6 Å². The smallest absolute Gasteiger partial charge is 0.255 e. The lowest BCUT2D eigenvalue weighted by Crippen LogP contribution is -2.15. The van der Waals surface area contributed by atoms with Crippen molar-refractivity contribution in [2.24, 2.45) is 0 Å². The third-order valence-corrected chi connectivity index (χ3v) is 3.43. The van der Waals surface area contributed by atoms with Crippen LogP contribution in [0.25, 0.3) is 0 Å². The molecule has 0 unspecified atom stereocenters. The van der Waals surface area contributed by atoms with Gasteiger partial charge in [0.2, 0.25) is 0 Å². The lowest BCUT2D eigenvalue weighted by molar-refractivity contribution is 0.663. The average Bonchev–Trinajstić information content (AvgIpc) is 2.64. The van der Waals surface area contributed by atoms with Crippen LogP contribution in [0.4, 0.5) is 0 Å². The summed E-state index contributed by atoms with van der Waals surface area (Å²) in [5.74, 6) is 0. The van der Waals surface area contributed by atoms with Gasteiger partial charge in [0.25, 0.3) is 0 Å². The van der Waals surface area contributed by atoms with Crippen LogP contribution >= 0.6 is 38.6 Å². The predicted molar refractivity (Wildman–Crippen MR) is 55.3 cm³/mol. The topological polar surface area (TPSA) is 47.8 Å². The Morgan fingerprint density at radius 3 is 3.00 bits per heavy atom. The van der Waals surface area contributed by atoms with E-state index in [0.717, 1.165) is 20.1 Å². The summed E-state index contributed by atoms with van der Waals surface area (Å²) in [7, 11) is 0. The number of hydrogen-bond acceptors (Lipinski definition) is 5. The van der Waals surface area contributed by atoms with Crippen LogP contribution < -0.4 is 4.87 Å². The fourth-order valence-corrected chi connectivity index (χ4v) is 2.60. The molecule has 68 valence electrons. The lowest BCUT2D eigenvalue weighted by Gasteiger charge is -1.92. The zero-order valence-electron chi connectivity index (χ0n) is 6.31. The first-order valence-corrected chi connectivity index (χ1v) is 5.85. The Balaban J connectivity index is 2.24. The lowest BCUT2D eigenvalue weighted by atomic mass is 10.7. The van der Waals surface area contributed by atoms with Crippen LogP contribution in [-0.2, 0) is 6.54 Å². The van der Waals surface area contributed by atoms with Crippen LogP contribution in [0.1, 0.15) is 5.01 Å². The highest BCUT2D eigenvalue weighted by atomic mass is 79.9. The van der Waals surface area contributed by atoms with Gasteiger partial charge in [-0.1, -0.05) is 11.3 Å². The predicted octanol–water partition coefficient (Wildman–Crippen LogP) is 1.57. The molecule has 0 fully saturated rings. The highest BCUT2D eigenvalue weighted by Gasteiger charge is 2.03. The normalized spacial score (nSPS) is 10.5. The van der Waals surface area contributed by atoms with Crippen molar-refractivity contribution in [2.45, 2.75) is 6.54 Å². The molecule has 0 N–H and O–H groups in total. The van der Waals surface area contributed by atoms with E-state index in [9.17, 15) is 4.79 Å². The van der Waals surface area contributed by atoms with Gasteiger partial charge in [0.1, 0.15) is 10.5 Å². The molecule has 2 heterocycles. The second kappa shape index (κ2) is 3.69. The van der Waals surface area contributed by atoms with E-state index in [1.165, 1.54) is 21.5 Å². The number of hydrogen-bond donors (Lipinski definition) is 0. The number of rotatable bonds is 2. The molecule has 0 spiro atoms. The van der Waals surface area contributed by atoms with Crippen molar-refractivity contribution in [3.8, 4) is 0 Å². The van der Waals surface area contributed by atoms with Gasteiger partial charge in [-0.05, 0) is 15.9 Å². The van der Waals surface area contributed by atoms with Gasteiger partial charge in [-0.25, -0.2) is 9.67 Å². The zero-order chi connectivity index (χ0) is 9.26. The number of nitrogens with zero attached hydrogens (tertiary/aromatic N) is 3. The van der Waals surface area contributed by atoms with E-state index < -0.39 is 0 Å². The maximum Gasteiger partial charge on any atom is 0.325 e. The van der Waals surface area contributed by atoms with Crippen molar-refractivity contribution in [1.82, 2.24) is 14.8 Å². The van der Waals surface area contributed by atoms with Crippen molar-refractivity contribution < 1.29 is 0 Å². The Bertz CT molecular complexity index is 460. The van der Waals surface area contributed by atoms with Crippen LogP contribution in [0, 0.1) is 0 Å². The molecule has 0 radical (unpaired) electrons. The molecule has 2 aromatic heterocycles. The van der Waals surface area contributed by atoms with Crippen LogP contribution in [-0.4, -0.2) is 14.8 Å². The third-order valence-electron chi connectivity index (χ3n) is 1.36. The first kappa shape index (κ1) is 9.04. The van der Waals surface area contributed by atoms with Gasteiger partial charge < -0.3 is 0 Å². The highest BCUT2D eigenvalue weighted by molar-refractivity contribution is 9.11. The van der Waals surface area contributed by atoms with Crippen LogP contribution in [0.15, 0.2) is 20.3 Å². The molecule has 0 saturated carbocycles. The Kier molecular flexibility index (Phi) is 2.56. The number of thiazole rings is 1. The Labute approximate surface area is 90.0 Å². The molecule has 2 rings (SSSR count). The van der Waals surface area contributed by atoms with E-state index in [1.807, 2.05) is 0 Å². The maximum absolute atomic E-state index is 11.1. The van der Waals surface area contributed by atoms with Gasteiger partial charge in [-0.15, -0.1) is 11.3 Å². The molecule has 4 nitrogen and oxygen atoms in total. The van der Waals surface area contributed by atoms with Crippen molar-refractivity contribution in [3.05, 3.63) is 30.2 Å². The molecule has 7 heteroatoms. The maximum atomic E-state index is 11.1. The summed E-state index contributed by atoms with van der Waals surface area (Å²) in [6, 6.07) is 0. The average molecular weight is 278 g/mol. The monoisotopic (exact) mass is 277 g/mol. The van der Waals surface area contributed by atoms with E-state index in [0.29, 0.717) is 6.54 Å². The summed E-state index contributed by atoms with van der Waals surface area (Å²) in [6.45, 7) is 0.457. The van der Waals surface area contributed by atoms with Gasteiger partial charge >= 0.3 is 4.87 Å². The van der Waals surface area contributed by atoms with Crippen molar-refractivity contribution in [2.75, 3.05) is 0 Å². The van der Waals surface area contributed by atoms with Crippen LogP contribution in [0.2, 0.25) is 0 Å². The summed E-state index contributed by atoms with van der Waals surface area (Å²) in [5, 5.41) is 4.77. The van der Waals surface area contributed by atoms with E-state index in [4.69, 9.17) is 0 Å². The van der Waals surface area contributed by atoms with E-state index in [1.54, 1.807) is 6.20 Å². The van der Waals surface area contributed by atoms with Crippen molar-refractivity contribution in [1.29, 1.82) is 0 Å². The molecule has 0 aliphatic carbocycles. The first-order chi connectivity index (χ1) is 6.25. The summed E-state index contributed by atoms with van der Waals surface area (Å²) < 4.78 is 2.36. The molecular formula is C6H4BrN3OS2. The molecule has 13 heavy (non-hydrogen) atoms. The summed E-state index contributed by atoms with van der Waals surface area (Å²) in [5.41, 5.74) is 1.53. The number of aromatic nitrogens is 3. The fraction of sp³-hybridized carbons (Fsp3) is 0.167. The Morgan fingerprint density at radius 1 is 1.62 bits per heavy atom. The summed E-state index contributed by atoms with van der Waals surface area (Å²) in [4.78, 5) is 15.2.